The fourth-order valence-corrected chi connectivity index (χ4v) is 3.18. The van der Waals surface area contributed by atoms with E-state index in [2.05, 4.69) is 22.1 Å². The molecule has 1 aliphatic rings. The van der Waals surface area contributed by atoms with Crippen molar-refractivity contribution in [2.75, 3.05) is 23.4 Å². The largest absolute Gasteiger partial charge is 0.388 e. The molecule has 0 aliphatic carbocycles. The van der Waals surface area contributed by atoms with Crippen molar-refractivity contribution in [1.29, 1.82) is 0 Å². The predicted octanol–water partition coefficient (Wildman–Crippen LogP) is 2.27. The van der Waals surface area contributed by atoms with Crippen LogP contribution >= 0.6 is 24.0 Å². The molecule has 0 atom stereocenters. The highest BCUT2D eigenvalue weighted by atomic mass is 32.2. The van der Waals surface area contributed by atoms with Crippen molar-refractivity contribution >= 4 is 34.7 Å². The Morgan fingerprint density at radius 1 is 1.47 bits per heavy atom. The summed E-state index contributed by atoms with van der Waals surface area (Å²) in [5.74, 6) is 3.39. The third-order valence-corrected chi connectivity index (χ3v) is 4.21. The van der Waals surface area contributed by atoms with Gasteiger partial charge in [-0.2, -0.15) is 11.8 Å². The van der Waals surface area contributed by atoms with Gasteiger partial charge >= 0.3 is 0 Å². The van der Waals surface area contributed by atoms with Crippen LogP contribution in [0, 0.1) is 5.92 Å². The lowest BCUT2D eigenvalue weighted by molar-refractivity contribution is 0.516. The molecule has 17 heavy (non-hydrogen) atoms. The molecule has 92 valence electrons. The van der Waals surface area contributed by atoms with Crippen LogP contribution in [0.15, 0.2) is 18.3 Å². The van der Waals surface area contributed by atoms with E-state index >= 15 is 0 Å². The van der Waals surface area contributed by atoms with Crippen LogP contribution in [0.3, 0.4) is 0 Å². The standard InChI is InChI=1S/C12H17N3S2/c13-12(16)11-2-1-10(8-15-11)14-7-9-3-5-17-6-4-9/h1-2,8-9,14H,3-7H2,(H2,13,16). The van der Waals surface area contributed by atoms with E-state index in [4.69, 9.17) is 18.0 Å². The van der Waals surface area contributed by atoms with Crippen molar-refractivity contribution in [3.8, 4) is 0 Å². The number of hydrogen-bond donors (Lipinski definition) is 2. The minimum absolute atomic E-state index is 0.348. The highest BCUT2D eigenvalue weighted by Gasteiger charge is 2.13. The quantitative estimate of drug-likeness (QED) is 0.820. The molecule has 0 radical (unpaired) electrons. The van der Waals surface area contributed by atoms with Crippen molar-refractivity contribution in [3.05, 3.63) is 24.0 Å². The lowest BCUT2D eigenvalue weighted by atomic mass is 10.0. The van der Waals surface area contributed by atoms with E-state index in [1.807, 2.05) is 12.1 Å². The van der Waals surface area contributed by atoms with Gasteiger partial charge in [-0.3, -0.25) is 4.98 Å². The van der Waals surface area contributed by atoms with Crippen molar-refractivity contribution in [1.82, 2.24) is 4.98 Å². The maximum Gasteiger partial charge on any atom is 0.122 e. The summed E-state index contributed by atoms with van der Waals surface area (Å²) in [7, 11) is 0. The smallest absolute Gasteiger partial charge is 0.122 e. The first-order valence-electron chi connectivity index (χ1n) is 5.83. The molecular formula is C12H17N3S2. The van der Waals surface area contributed by atoms with Gasteiger partial charge in [0.1, 0.15) is 4.99 Å². The summed E-state index contributed by atoms with van der Waals surface area (Å²) in [6, 6.07) is 3.85. The maximum atomic E-state index is 5.50. The van der Waals surface area contributed by atoms with Crippen LogP contribution in [0.5, 0.6) is 0 Å². The minimum Gasteiger partial charge on any atom is -0.388 e. The maximum absolute atomic E-state index is 5.50. The average molecular weight is 267 g/mol. The molecule has 1 fully saturated rings. The van der Waals surface area contributed by atoms with Crippen molar-refractivity contribution in [3.63, 3.8) is 0 Å². The van der Waals surface area contributed by atoms with Gasteiger partial charge in [-0.05, 0) is 42.4 Å². The van der Waals surface area contributed by atoms with Crippen molar-refractivity contribution in [2.24, 2.45) is 11.7 Å². The van der Waals surface area contributed by atoms with Crippen LogP contribution in [0.2, 0.25) is 0 Å². The number of aromatic nitrogens is 1. The topological polar surface area (TPSA) is 50.9 Å². The first-order valence-corrected chi connectivity index (χ1v) is 7.39. The number of nitrogens with two attached hydrogens (primary N) is 1. The Kier molecular flexibility index (Phi) is 4.62. The monoisotopic (exact) mass is 267 g/mol. The Morgan fingerprint density at radius 3 is 2.82 bits per heavy atom. The summed E-state index contributed by atoms with van der Waals surface area (Å²) < 4.78 is 0. The molecule has 0 bridgehead atoms. The van der Waals surface area contributed by atoms with Gasteiger partial charge in [-0.25, -0.2) is 0 Å². The summed E-state index contributed by atoms with van der Waals surface area (Å²) in [6.07, 6.45) is 4.43. The first kappa shape index (κ1) is 12.6. The Bertz CT molecular complexity index is 372. The van der Waals surface area contributed by atoms with Crippen molar-refractivity contribution in [2.45, 2.75) is 12.8 Å². The lowest BCUT2D eigenvalue weighted by Crippen LogP contribution is -2.19. The van der Waals surface area contributed by atoms with Crippen LogP contribution in [-0.4, -0.2) is 28.0 Å². The van der Waals surface area contributed by atoms with E-state index in [-0.39, 0.29) is 0 Å². The van der Waals surface area contributed by atoms with Gasteiger partial charge < -0.3 is 11.1 Å². The second-order valence-corrected chi connectivity index (χ2v) is 5.90. The molecule has 0 saturated carbocycles. The molecule has 2 rings (SSSR count). The second-order valence-electron chi connectivity index (χ2n) is 4.23. The molecule has 0 spiro atoms. The number of nitrogens with zero attached hydrogens (tertiary/aromatic N) is 1. The first-order chi connectivity index (χ1) is 8.25. The number of anilines is 1. The summed E-state index contributed by atoms with van der Waals surface area (Å²) in [5, 5.41) is 3.42. The second kappa shape index (κ2) is 6.21. The van der Waals surface area contributed by atoms with Gasteiger partial charge in [0.15, 0.2) is 0 Å². The molecule has 1 aromatic rings. The van der Waals surface area contributed by atoms with Gasteiger partial charge in [-0.15, -0.1) is 0 Å². The Balaban J connectivity index is 1.84. The molecule has 0 aromatic carbocycles. The number of thiocarbonyl (C=S) groups is 1. The fourth-order valence-electron chi connectivity index (χ4n) is 1.86. The molecule has 3 nitrogen and oxygen atoms in total. The van der Waals surface area contributed by atoms with Gasteiger partial charge in [-0.1, -0.05) is 12.2 Å². The molecule has 0 unspecified atom stereocenters. The highest BCUT2D eigenvalue weighted by Crippen LogP contribution is 2.22. The summed E-state index contributed by atoms with van der Waals surface area (Å²) in [5.41, 5.74) is 7.23. The number of thioether (sulfide) groups is 1. The van der Waals surface area contributed by atoms with Gasteiger partial charge in [0, 0.05) is 6.54 Å². The zero-order valence-corrected chi connectivity index (χ0v) is 11.3. The van der Waals surface area contributed by atoms with Crippen LogP contribution < -0.4 is 11.1 Å². The summed E-state index contributed by atoms with van der Waals surface area (Å²) in [6.45, 7) is 1.04. The van der Waals surface area contributed by atoms with Crippen LogP contribution in [-0.2, 0) is 0 Å². The fraction of sp³-hybridized carbons (Fsp3) is 0.500. The van der Waals surface area contributed by atoms with E-state index in [0.717, 1.165) is 18.2 Å². The third kappa shape index (κ3) is 3.85. The van der Waals surface area contributed by atoms with Crippen LogP contribution in [0.4, 0.5) is 5.69 Å². The average Bonchev–Trinajstić information content (AvgIpc) is 2.38. The molecule has 2 heterocycles. The summed E-state index contributed by atoms with van der Waals surface area (Å²) >= 11 is 6.92. The van der Waals surface area contributed by atoms with Gasteiger partial charge in [0.25, 0.3) is 0 Å². The molecule has 3 N–H and O–H groups in total. The van der Waals surface area contributed by atoms with E-state index in [9.17, 15) is 0 Å². The lowest BCUT2D eigenvalue weighted by Gasteiger charge is -2.21. The SMILES string of the molecule is NC(=S)c1ccc(NCC2CCSCC2)cn1. The molecule has 0 amide bonds. The minimum atomic E-state index is 0.348. The predicted molar refractivity (Wildman–Crippen MR) is 78.7 cm³/mol. The Hall–Kier alpha value is -0.810. The molecule has 1 aliphatic heterocycles. The van der Waals surface area contributed by atoms with Crippen LogP contribution in [0.25, 0.3) is 0 Å². The number of pyridine rings is 1. The van der Waals surface area contributed by atoms with E-state index in [0.29, 0.717) is 10.7 Å². The molecular weight excluding hydrogens is 250 g/mol. The molecule has 1 saturated heterocycles. The van der Waals surface area contributed by atoms with E-state index < -0.39 is 0 Å². The normalized spacial score (nSPS) is 16.7. The van der Waals surface area contributed by atoms with Gasteiger partial charge in [0.2, 0.25) is 0 Å². The zero-order chi connectivity index (χ0) is 12.1. The number of hydrogen-bond acceptors (Lipinski definition) is 4. The number of nitrogens with one attached hydrogen (secondary N) is 1. The van der Waals surface area contributed by atoms with Crippen LogP contribution in [0.1, 0.15) is 18.5 Å². The van der Waals surface area contributed by atoms with E-state index in [1.54, 1.807) is 6.20 Å². The zero-order valence-electron chi connectivity index (χ0n) is 9.69. The Labute approximate surface area is 112 Å². The summed E-state index contributed by atoms with van der Waals surface area (Å²) in [4.78, 5) is 4.56. The number of rotatable bonds is 4. The molecule has 5 heteroatoms. The highest BCUT2D eigenvalue weighted by molar-refractivity contribution is 7.99. The van der Waals surface area contributed by atoms with Gasteiger partial charge in [0.05, 0.1) is 17.6 Å². The molecule has 1 aromatic heterocycles. The Morgan fingerprint density at radius 2 is 2.24 bits per heavy atom. The third-order valence-electron chi connectivity index (χ3n) is 2.95. The van der Waals surface area contributed by atoms with Crippen molar-refractivity contribution < 1.29 is 0 Å². The van der Waals surface area contributed by atoms with E-state index in [1.165, 1.54) is 24.3 Å².